The SMILES string of the molecule is CN(Cc1ccccc1[N+](=O)[O-])c1c([N+](=O)[O-])ncn1C. The Hall–Kier alpha value is -2.97. The molecule has 1 aromatic heterocycles. The summed E-state index contributed by atoms with van der Waals surface area (Å²) in [6, 6.07) is 6.29. The number of aryl methyl sites for hydroxylation is 1. The maximum Gasteiger partial charge on any atom is 0.406 e. The van der Waals surface area contributed by atoms with Gasteiger partial charge in [-0.2, -0.15) is 0 Å². The molecule has 0 spiro atoms. The van der Waals surface area contributed by atoms with Crippen LogP contribution < -0.4 is 4.90 Å². The fourth-order valence-electron chi connectivity index (χ4n) is 2.13. The average molecular weight is 291 g/mol. The molecule has 0 aliphatic carbocycles. The summed E-state index contributed by atoms with van der Waals surface area (Å²) in [5.74, 6) is 0.0109. The van der Waals surface area contributed by atoms with Crippen molar-refractivity contribution in [3.05, 3.63) is 56.4 Å². The molecule has 9 nitrogen and oxygen atoms in total. The fraction of sp³-hybridized carbons (Fsp3) is 0.250. The minimum atomic E-state index is -0.578. The van der Waals surface area contributed by atoms with Crippen LogP contribution in [0.3, 0.4) is 0 Å². The second kappa shape index (κ2) is 5.57. The van der Waals surface area contributed by atoms with E-state index >= 15 is 0 Å². The van der Waals surface area contributed by atoms with Crippen LogP contribution in [-0.4, -0.2) is 26.4 Å². The van der Waals surface area contributed by atoms with Crippen molar-refractivity contribution in [1.29, 1.82) is 0 Å². The molecule has 21 heavy (non-hydrogen) atoms. The number of hydrogen-bond donors (Lipinski definition) is 0. The molecule has 0 bridgehead atoms. The second-order valence-corrected chi connectivity index (χ2v) is 4.50. The predicted octanol–water partition coefficient (Wildman–Crippen LogP) is 1.87. The molecule has 1 heterocycles. The van der Waals surface area contributed by atoms with Gasteiger partial charge in [0.2, 0.25) is 12.1 Å². The zero-order valence-corrected chi connectivity index (χ0v) is 11.5. The van der Waals surface area contributed by atoms with Gasteiger partial charge in [-0.05, 0) is 9.91 Å². The van der Waals surface area contributed by atoms with Gasteiger partial charge in [-0.25, -0.2) is 0 Å². The molecule has 2 aromatic rings. The number of anilines is 1. The van der Waals surface area contributed by atoms with E-state index < -0.39 is 9.85 Å². The van der Waals surface area contributed by atoms with Crippen molar-refractivity contribution >= 4 is 17.3 Å². The smallest absolute Gasteiger partial charge is 0.358 e. The minimum Gasteiger partial charge on any atom is -0.358 e. The van der Waals surface area contributed by atoms with E-state index in [9.17, 15) is 20.2 Å². The molecule has 0 atom stereocenters. The molecule has 2 rings (SSSR count). The Morgan fingerprint density at radius 3 is 2.52 bits per heavy atom. The molecule has 0 amide bonds. The number of hydrogen-bond acceptors (Lipinski definition) is 6. The molecule has 1 aromatic carbocycles. The fourth-order valence-corrected chi connectivity index (χ4v) is 2.13. The summed E-state index contributed by atoms with van der Waals surface area (Å²) >= 11 is 0. The molecule has 0 aliphatic rings. The Kier molecular flexibility index (Phi) is 3.83. The standard InChI is InChI=1S/C12H13N5O4/c1-14(12-11(17(20)21)13-8-15(12)2)7-9-5-3-4-6-10(9)16(18)19/h3-6,8H,7H2,1-2H3. The lowest BCUT2D eigenvalue weighted by molar-refractivity contribution is -0.388. The zero-order chi connectivity index (χ0) is 15.6. The van der Waals surface area contributed by atoms with Gasteiger partial charge in [-0.3, -0.25) is 14.7 Å². The molecule has 9 heteroatoms. The van der Waals surface area contributed by atoms with Gasteiger partial charge in [0.25, 0.3) is 5.69 Å². The van der Waals surface area contributed by atoms with Crippen molar-refractivity contribution < 1.29 is 9.85 Å². The number of nitrogens with zero attached hydrogens (tertiary/aromatic N) is 5. The van der Waals surface area contributed by atoms with E-state index in [1.807, 2.05) is 0 Å². The van der Waals surface area contributed by atoms with E-state index in [1.54, 1.807) is 37.2 Å². The Morgan fingerprint density at radius 2 is 1.90 bits per heavy atom. The molecule has 0 unspecified atom stereocenters. The first-order valence-electron chi connectivity index (χ1n) is 6.01. The number of rotatable bonds is 5. The van der Waals surface area contributed by atoms with Crippen LogP contribution in [0.25, 0.3) is 0 Å². The first-order chi connectivity index (χ1) is 9.91. The Balaban J connectivity index is 2.35. The Bertz CT molecular complexity index is 697. The quantitative estimate of drug-likeness (QED) is 0.614. The summed E-state index contributed by atoms with van der Waals surface area (Å²) in [7, 11) is 3.26. The van der Waals surface area contributed by atoms with E-state index in [0.29, 0.717) is 5.56 Å². The number of para-hydroxylation sites is 1. The van der Waals surface area contributed by atoms with Crippen LogP contribution in [0.4, 0.5) is 17.3 Å². The highest BCUT2D eigenvalue weighted by Crippen LogP contribution is 2.28. The van der Waals surface area contributed by atoms with Crippen LogP contribution in [0, 0.1) is 20.2 Å². The highest BCUT2D eigenvalue weighted by atomic mass is 16.6. The second-order valence-electron chi connectivity index (χ2n) is 4.50. The summed E-state index contributed by atoms with van der Waals surface area (Å²) in [5.41, 5.74) is 0.453. The third-order valence-electron chi connectivity index (χ3n) is 3.02. The first kappa shape index (κ1) is 14.4. The number of nitro groups is 2. The average Bonchev–Trinajstić information content (AvgIpc) is 2.81. The van der Waals surface area contributed by atoms with Gasteiger partial charge in [0.15, 0.2) is 0 Å². The third kappa shape index (κ3) is 2.81. The van der Waals surface area contributed by atoms with Crippen molar-refractivity contribution in [1.82, 2.24) is 9.55 Å². The lowest BCUT2D eigenvalue weighted by atomic mass is 10.1. The highest BCUT2D eigenvalue weighted by molar-refractivity contribution is 5.55. The lowest BCUT2D eigenvalue weighted by Gasteiger charge is -2.18. The number of imidazole rings is 1. The van der Waals surface area contributed by atoms with Crippen LogP contribution in [0.1, 0.15) is 5.56 Å². The summed E-state index contributed by atoms with van der Waals surface area (Å²) in [6.07, 6.45) is 1.34. The van der Waals surface area contributed by atoms with E-state index in [2.05, 4.69) is 4.98 Å². The van der Waals surface area contributed by atoms with Gasteiger partial charge in [0.1, 0.15) is 0 Å². The first-order valence-corrected chi connectivity index (χ1v) is 6.01. The molecule has 110 valence electrons. The molecule has 0 fully saturated rings. The maximum atomic E-state index is 11.0. The van der Waals surface area contributed by atoms with Gasteiger partial charge in [-0.1, -0.05) is 18.2 Å². The number of aromatic nitrogens is 2. The van der Waals surface area contributed by atoms with Gasteiger partial charge in [0.05, 0.1) is 11.5 Å². The summed E-state index contributed by atoms with van der Waals surface area (Å²) in [5, 5.41) is 22.0. The summed E-state index contributed by atoms with van der Waals surface area (Å²) in [6.45, 7) is 0.164. The van der Waals surface area contributed by atoms with Gasteiger partial charge in [-0.15, -0.1) is 0 Å². The normalized spacial score (nSPS) is 10.4. The topological polar surface area (TPSA) is 107 Å². The molecule has 0 N–H and O–H groups in total. The van der Waals surface area contributed by atoms with Crippen molar-refractivity contribution in [2.24, 2.45) is 7.05 Å². The number of benzene rings is 1. The zero-order valence-electron chi connectivity index (χ0n) is 11.5. The van der Waals surface area contributed by atoms with E-state index in [1.165, 1.54) is 17.0 Å². The molecular formula is C12H13N5O4. The molecule has 0 saturated carbocycles. The van der Waals surface area contributed by atoms with Crippen LogP contribution in [0.5, 0.6) is 0 Å². The Labute approximate surface area is 119 Å². The lowest BCUT2D eigenvalue weighted by Crippen LogP contribution is -2.20. The van der Waals surface area contributed by atoms with E-state index in [-0.39, 0.29) is 23.9 Å². The van der Waals surface area contributed by atoms with Crippen LogP contribution in [-0.2, 0) is 13.6 Å². The number of nitro benzene ring substituents is 1. The van der Waals surface area contributed by atoms with Gasteiger partial charge >= 0.3 is 5.82 Å². The molecule has 0 saturated heterocycles. The maximum absolute atomic E-state index is 11.0. The van der Waals surface area contributed by atoms with Crippen LogP contribution in [0.15, 0.2) is 30.6 Å². The van der Waals surface area contributed by atoms with Crippen molar-refractivity contribution in [3.8, 4) is 0 Å². The monoisotopic (exact) mass is 291 g/mol. The third-order valence-corrected chi connectivity index (χ3v) is 3.02. The predicted molar refractivity (Wildman–Crippen MR) is 75.1 cm³/mol. The minimum absolute atomic E-state index is 0.0193. The largest absolute Gasteiger partial charge is 0.406 e. The summed E-state index contributed by atoms with van der Waals surface area (Å²) in [4.78, 5) is 26.2. The molecule has 0 aliphatic heterocycles. The molecular weight excluding hydrogens is 278 g/mol. The Morgan fingerprint density at radius 1 is 1.24 bits per heavy atom. The van der Waals surface area contributed by atoms with Crippen molar-refractivity contribution in [2.75, 3.05) is 11.9 Å². The molecule has 0 radical (unpaired) electrons. The summed E-state index contributed by atoms with van der Waals surface area (Å²) < 4.78 is 1.51. The van der Waals surface area contributed by atoms with Crippen LogP contribution in [0.2, 0.25) is 0 Å². The highest BCUT2D eigenvalue weighted by Gasteiger charge is 2.25. The van der Waals surface area contributed by atoms with Crippen molar-refractivity contribution in [3.63, 3.8) is 0 Å². The van der Waals surface area contributed by atoms with Gasteiger partial charge < -0.3 is 15.0 Å². The van der Waals surface area contributed by atoms with Gasteiger partial charge in [0, 0.05) is 25.7 Å². The van der Waals surface area contributed by atoms with Crippen molar-refractivity contribution in [2.45, 2.75) is 6.54 Å². The van der Waals surface area contributed by atoms with Crippen LogP contribution >= 0.6 is 0 Å². The van der Waals surface area contributed by atoms with E-state index in [0.717, 1.165) is 0 Å². The van der Waals surface area contributed by atoms with E-state index in [4.69, 9.17) is 0 Å².